The van der Waals surface area contributed by atoms with Crippen molar-refractivity contribution in [3.05, 3.63) is 81.8 Å². The normalized spacial score (nSPS) is 17.9. The predicted octanol–water partition coefficient (Wildman–Crippen LogP) is 3.55. The minimum absolute atomic E-state index is 0.0227. The molecule has 0 spiro atoms. The van der Waals surface area contributed by atoms with Gasteiger partial charge in [0, 0.05) is 24.4 Å². The van der Waals surface area contributed by atoms with Crippen LogP contribution in [0.3, 0.4) is 0 Å². The number of likely N-dealkylation sites (tertiary alicyclic amines) is 1. The van der Waals surface area contributed by atoms with Gasteiger partial charge in [-0.1, -0.05) is 48.5 Å². The highest BCUT2D eigenvalue weighted by molar-refractivity contribution is 5.83. The first-order chi connectivity index (χ1) is 15.1. The first-order valence-electron chi connectivity index (χ1n) is 10.5. The van der Waals surface area contributed by atoms with Crippen LogP contribution in [0.5, 0.6) is 0 Å². The second-order valence-electron chi connectivity index (χ2n) is 8.22. The van der Waals surface area contributed by atoms with Gasteiger partial charge < -0.3 is 9.64 Å². The van der Waals surface area contributed by atoms with E-state index < -0.39 is 6.09 Å². The van der Waals surface area contributed by atoms with Crippen molar-refractivity contribution in [3.63, 3.8) is 0 Å². The Kier molecular flexibility index (Phi) is 5.03. The number of carbonyl (C=O) groups is 1. The molecular formula is C24H24N4O3. The van der Waals surface area contributed by atoms with E-state index in [9.17, 15) is 9.59 Å². The molecule has 2 aromatic carbocycles. The van der Waals surface area contributed by atoms with Crippen molar-refractivity contribution in [1.29, 1.82) is 0 Å². The summed E-state index contributed by atoms with van der Waals surface area (Å²) < 4.78 is 5.55. The van der Waals surface area contributed by atoms with Gasteiger partial charge in [0.1, 0.15) is 6.61 Å². The second kappa shape index (κ2) is 8.00. The molecule has 2 N–H and O–H groups in total. The fourth-order valence-electron chi connectivity index (χ4n) is 4.65. The molecule has 1 amide bonds. The molecule has 31 heavy (non-hydrogen) atoms. The highest BCUT2D eigenvalue weighted by atomic mass is 16.5. The number of aromatic nitrogens is 2. The molecule has 1 aliphatic heterocycles. The number of carbonyl (C=O) groups excluding carboxylic acids is 1. The Morgan fingerprint density at radius 2 is 1.84 bits per heavy atom. The highest BCUT2D eigenvalue weighted by Gasteiger charge is 2.29. The standard InChI is InChI=1S/C24H24N4O3/c1-28-11-10-15(13-28)21-12-22(29)26-23(25-21)27-24(30)31-14-20-18-8-4-2-6-16(18)17-7-3-5-9-19(17)20/h2-9,12,15,20H,10-11,13-14H2,1H3,(H2,25,26,27,29,30). The number of nitrogens with one attached hydrogen (secondary N) is 2. The summed E-state index contributed by atoms with van der Waals surface area (Å²) in [5.74, 6) is 0.287. The maximum absolute atomic E-state index is 12.5. The van der Waals surface area contributed by atoms with Gasteiger partial charge in [0.2, 0.25) is 5.95 Å². The molecule has 7 nitrogen and oxygen atoms in total. The van der Waals surface area contributed by atoms with Crippen molar-refractivity contribution in [2.24, 2.45) is 0 Å². The summed E-state index contributed by atoms with van der Waals surface area (Å²) in [5, 5.41) is 2.59. The van der Waals surface area contributed by atoms with Crippen LogP contribution in [0.1, 0.15) is 35.1 Å². The van der Waals surface area contributed by atoms with Crippen LogP contribution >= 0.6 is 0 Å². The summed E-state index contributed by atoms with van der Waals surface area (Å²) in [5.41, 5.74) is 5.06. The third kappa shape index (κ3) is 3.84. The molecule has 1 atom stereocenters. The fourth-order valence-corrected chi connectivity index (χ4v) is 4.65. The number of H-pyrrole nitrogens is 1. The lowest BCUT2D eigenvalue weighted by Crippen LogP contribution is -2.22. The van der Waals surface area contributed by atoms with E-state index in [0.717, 1.165) is 30.6 Å². The molecule has 1 aromatic heterocycles. The Morgan fingerprint density at radius 1 is 1.16 bits per heavy atom. The number of hydrogen-bond donors (Lipinski definition) is 2. The quantitative estimate of drug-likeness (QED) is 0.679. The predicted molar refractivity (Wildman–Crippen MR) is 118 cm³/mol. The molecule has 1 fully saturated rings. The zero-order valence-electron chi connectivity index (χ0n) is 17.3. The molecule has 1 unspecified atom stereocenters. The minimum Gasteiger partial charge on any atom is -0.448 e. The maximum Gasteiger partial charge on any atom is 0.414 e. The fraction of sp³-hybridized carbons (Fsp3) is 0.292. The van der Waals surface area contributed by atoms with Gasteiger partial charge in [-0.25, -0.2) is 9.78 Å². The van der Waals surface area contributed by atoms with Crippen LogP contribution in [-0.2, 0) is 4.74 Å². The van der Waals surface area contributed by atoms with E-state index in [2.05, 4.69) is 44.5 Å². The van der Waals surface area contributed by atoms with Crippen LogP contribution in [0.2, 0.25) is 0 Å². The van der Waals surface area contributed by atoms with Crippen molar-refractivity contribution < 1.29 is 9.53 Å². The summed E-state index contributed by atoms with van der Waals surface area (Å²) in [6.45, 7) is 2.02. The number of nitrogens with zero attached hydrogens (tertiary/aromatic N) is 2. The van der Waals surface area contributed by atoms with E-state index in [1.807, 2.05) is 31.3 Å². The van der Waals surface area contributed by atoms with Crippen molar-refractivity contribution in [1.82, 2.24) is 14.9 Å². The van der Waals surface area contributed by atoms with Gasteiger partial charge in [-0.3, -0.25) is 15.1 Å². The first kappa shape index (κ1) is 19.5. The summed E-state index contributed by atoms with van der Waals surface area (Å²) in [4.78, 5) is 33.8. The molecular weight excluding hydrogens is 392 g/mol. The zero-order valence-corrected chi connectivity index (χ0v) is 17.3. The van der Waals surface area contributed by atoms with Crippen LogP contribution in [0, 0.1) is 0 Å². The number of benzene rings is 2. The van der Waals surface area contributed by atoms with Gasteiger partial charge in [-0.15, -0.1) is 0 Å². The lowest BCUT2D eigenvalue weighted by Gasteiger charge is -2.15. The molecule has 1 aliphatic carbocycles. The van der Waals surface area contributed by atoms with Crippen LogP contribution in [-0.4, -0.2) is 47.7 Å². The highest BCUT2D eigenvalue weighted by Crippen LogP contribution is 2.44. The number of anilines is 1. The average molecular weight is 416 g/mol. The van der Waals surface area contributed by atoms with E-state index in [1.54, 1.807) is 0 Å². The van der Waals surface area contributed by atoms with Crippen molar-refractivity contribution in [2.45, 2.75) is 18.3 Å². The van der Waals surface area contributed by atoms with Crippen molar-refractivity contribution in [2.75, 3.05) is 32.1 Å². The summed E-state index contributed by atoms with van der Waals surface area (Å²) in [6, 6.07) is 17.9. The number of hydrogen-bond acceptors (Lipinski definition) is 5. The molecule has 5 rings (SSSR count). The molecule has 7 heteroatoms. The minimum atomic E-state index is -0.634. The summed E-state index contributed by atoms with van der Waals surface area (Å²) in [7, 11) is 2.04. The van der Waals surface area contributed by atoms with Crippen LogP contribution in [0.25, 0.3) is 11.1 Å². The van der Waals surface area contributed by atoms with Crippen molar-refractivity contribution in [3.8, 4) is 11.1 Å². The van der Waals surface area contributed by atoms with Gasteiger partial charge in [-0.2, -0.15) is 0 Å². The monoisotopic (exact) mass is 416 g/mol. The lowest BCUT2D eigenvalue weighted by molar-refractivity contribution is 0.158. The Balaban J connectivity index is 1.29. The van der Waals surface area contributed by atoms with E-state index in [4.69, 9.17) is 4.74 Å². The zero-order chi connectivity index (χ0) is 21.4. The van der Waals surface area contributed by atoms with Gasteiger partial charge in [-0.05, 0) is 42.3 Å². The molecule has 3 aromatic rings. The van der Waals surface area contributed by atoms with Crippen LogP contribution < -0.4 is 10.9 Å². The Morgan fingerprint density at radius 3 is 2.48 bits per heavy atom. The number of rotatable bonds is 4. The van der Waals surface area contributed by atoms with Crippen molar-refractivity contribution >= 4 is 12.0 Å². The molecule has 0 bridgehead atoms. The largest absolute Gasteiger partial charge is 0.448 e. The first-order valence-corrected chi connectivity index (χ1v) is 10.5. The molecule has 0 radical (unpaired) electrons. The number of likely N-dealkylation sites (N-methyl/N-ethyl adjacent to an activating group) is 1. The van der Waals surface area contributed by atoms with Gasteiger partial charge in [0.25, 0.3) is 5.56 Å². The molecule has 1 saturated heterocycles. The van der Waals surface area contributed by atoms with E-state index in [-0.39, 0.29) is 30.0 Å². The third-order valence-electron chi connectivity index (χ3n) is 6.14. The topological polar surface area (TPSA) is 87.3 Å². The summed E-state index contributed by atoms with van der Waals surface area (Å²) >= 11 is 0. The van der Waals surface area contributed by atoms with Crippen LogP contribution in [0.4, 0.5) is 10.7 Å². The van der Waals surface area contributed by atoms with Crippen LogP contribution in [0.15, 0.2) is 59.4 Å². The summed E-state index contributed by atoms with van der Waals surface area (Å²) in [6.07, 6.45) is 0.308. The molecule has 158 valence electrons. The lowest BCUT2D eigenvalue weighted by atomic mass is 9.98. The molecule has 2 heterocycles. The Labute approximate surface area is 180 Å². The van der Waals surface area contributed by atoms with Gasteiger partial charge in [0.05, 0.1) is 5.69 Å². The van der Waals surface area contributed by atoms with Gasteiger partial charge in [0.15, 0.2) is 0 Å². The SMILES string of the molecule is CN1CCC(c2cc(=O)[nH]c(NC(=O)OCC3c4ccccc4-c4ccccc43)n2)C1. The van der Waals surface area contributed by atoms with E-state index in [1.165, 1.54) is 17.2 Å². The molecule has 2 aliphatic rings. The Hall–Kier alpha value is -3.45. The number of aromatic amines is 1. The molecule has 0 saturated carbocycles. The van der Waals surface area contributed by atoms with E-state index in [0.29, 0.717) is 5.69 Å². The number of ether oxygens (including phenoxy) is 1. The average Bonchev–Trinajstić information content (AvgIpc) is 3.33. The smallest absolute Gasteiger partial charge is 0.414 e. The maximum atomic E-state index is 12.5. The number of fused-ring (bicyclic) bond motifs is 3. The van der Waals surface area contributed by atoms with Gasteiger partial charge >= 0.3 is 6.09 Å². The second-order valence-corrected chi connectivity index (χ2v) is 8.22. The third-order valence-corrected chi connectivity index (χ3v) is 6.14. The Bertz CT molecular complexity index is 1140. The number of amides is 1. The van der Waals surface area contributed by atoms with E-state index >= 15 is 0 Å².